The molecule has 0 spiro atoms. The first-order valence-electron chi connectivity index (χ1n) is 28.7. The number of anilines is 2. The van der Waals surface area contributed by atoms with Crippen LogP contribution in [0.15, 0.2) is 66.9 Å². The molecule has 5 aliphatic heterocycles. The number of piperidine rings is 1. The average Bonchev–Trinajstić information content (AvgIpc) is 1.76. The van der Waals surface area contributed by atoms with E-state index in [1.807, 2.05) is 12.1 Å². The number of hydrogen-bond donors (Lipinski definition) is 4. The van der Waals surface area contributed by atoms with Crippen molar-refractivity contribution in [3.63, 3.8) is 0 Å². The normalized spacial score (nSPS) is 19.7. The van der Waals surface area contributed by atoms with E-state index in [4.69, 9.17) is 4.74 Å². The van der Waals surface area contributed by atoms with Gasteiger partial charge in [-0.2, -0.15) is 15.1 Å². The van der Waals surface area contributed by atoms with Gasteiger partial charge in [-0.1, -0.05) is 37.6 Å². The van der Waals surface area contributed by atoms with E-state index in [-0.39, 0.29) is 114 Å². The van der Waals surface area contributed by atoms with Gasteiger partial charge in [0.05, 0.1) is 28.9 Å². The molecule has 84 heavy (non-hydrogen) atoms. The number of pyridine rings is 1. The van der Waals surface area contributed by atoms with Gasteiger partial charge in [0.25, 0.3) is 11.8 Å². The van der Waals surface area contributed by atoms with Crippen LogP contribution in [-0.2, 0) is 45.7 Å². The highest BCUT2D eigenvalue weighted by Crippen LogP contribution is 2.43. The number of amides is 6. The zero-order valence-corrected chi connectivity index (χ0v) is 46.6. The molecule has 0 saturated carbocycles. The number of imide groups is 1. The molecule has 12 rings (SSSR count). The molecule has 1 unspecified atom stereocenters. The topological polar surface area (TPSA) is 237 Å². The van der Waals surface area contributed by atoms with Gasteiger partial charge >= 0.3 is 6.01 Å². The maximum atomic E-state index is 17.2. The minimum Gasteiger partial charge on any atom is -0.508 e. The van der Waals surface area contributed by atoms with Crippen molar-refractivity contribution in [2.24, 2.45) is 7.05 Å². The van der Waals surface area contributed by atoms with Crippen LogP contribution in [0.4, 0.5) is 24.7 Å². The van der Waals surface area contributed by atoms with Crippen LogP contribution < -0.4 is 25.6 Å². The third-order valence-electron chi connectivity index (χ3n) is 17.3. The molecule has 4 aromatic carbocycles. The molecular formula is C61H63F3N12O8. The maximum Gasteiger partial charge on any atom is 0.319 e. The number of nitrogens with one attached hydrogen (secondary N) is 3. The Morgan fingerprint density at radius 2 is 1.70 bits per heavy atom. The number of alkyl halides is 1. The van der Waals surface area contributed by atoms with Crippen molar-refractivity contribution in [1.29, 1.82) is 0 Å². The van der Waals surface area contributed by atoms with E-state index in [0.29, 0.717) is 110 Å². The molecule has 4 saturated heterocycles. The Hall–Kier alpha value is -8.73. The summed E-state index contributed by atoms with van der Waals surface area (Å²) in [6, 6.07) is 15.4. The lowest BCUT2D eigenvalue weighted by Crippen LogP contribution is -2.53. The molecule has 23 heteroatoms. The van der Waals surface area contributed by atoms with Gasteiger partial charge in [0.15, 0.2) is 11.5 Å². The Morgan fingerprint density at radius 1 is 0.893 bits per heavy atom. The van der Waals surface area contributed by atoms with Crippen LogP contribution in [0, 0.1) is 11.6 Å². The van der Waals surface area contributed by atoms with Gasteiger partial charge in [-0.05, 0) is 109 Å². The molecule has 436 valence electrons. The van der Waals surface area contributed by atoms with Crippen molar-refractivity contribution in [2.45, 2.75) is 108 Å². The maximum absolute atomic E-state index is 17.2. The van der Waals surface area contributed by atoms with E-state index in [9.17, 15) is 38.3 Å². The molecular weight excluding hydrogens is 1090 g/mol. The first-order valence-corrected chi connectivity index (χ1v) is 28.7. The Kier molecular flexibility index (Phi) is 15.1. The summed E-state index contributed by atoms with van der Waals surface area (Å²) in [6.07, 6.45) is 5.37. The summed E-state index contributed by atoms with van der Waals surface area (Å²) in [5, 5.41) is 26.5. The zero-order valence-electron chi connectivity index (χ0n) is 46.6. The number of nitrogens with zero attached hydrogens (tertiary/aromatic N) is 9. The van der Waals surface area contributed by atoms with Crippen LogP contribution in [0.2, 0.25) is 0 Å². The highest BCUT2D eigenvalue weighted by atomic mass is 19.1. The number of aryl methyl sites for hydroxylation is 2. The summed E-state index contributed by atoms with van der Waals surface area (Å²) in [5.41, 5.74) is 2.31. The van der Waals surface area contributed by atoms with Gasteiger partial charge in [0.2, 0.25) is 23.6 Å². The number of aromatic nitrogens is 5. The summed E-state index contributed by atoms with van der Waals surface area (Å²) in [7, 11) is 1.69. The number of carbonyl (C=O) groups excluding carboxylic acids is 6. The molecule has 6 amide bonds. The van der Waals surface area contributed by atoms with Crippen LogP contribution in [0.1, 0.15) is 109 Å². The van der Waals surface area contributed by atoms with Crippen LogP contribution in [0.5, 0.6) is 11.8 Å². The number of ether oxygens (including phenoxy) is 1. The van der Waals surface area contributed by atoms with Gasteiger partial charge in [0.1, 0.15) is 47.4 Å². The minimum absolute atomic E-state index is 0.0300. The lowest BCUT2D eigenvalue weighted by atomic mass is 9.94. The quantitative estimate of drug-likeness (QED) is 0.0493. The average molecular weight is 1150 g/mol. The summed E-state index contributed by atoms with van der Waals surface area (Å²) >= 11 is 0. The predicted molar refractivity (Wildman–Crippen MR) is 305 cm³/mol. The molecule has 3 atom stereocenters. The number of unbranched alkanes of at least 4 members (excludes halogenated alkanes) is 2. The Labute approximate surface area is 480 Å². The number of fused-ring (bicyclic) bond motifs is 3. The van der Waals surface area contributed by atoms with E-state index >= 15 is 8.78 Å². The van der Waals surface area contributed by atoms with Crippen molar-refractivity contribution in [1.82, 2.24) is 50.1 Å². The summed E-state index contributed by atoms with van der Waals surface area (Å²) in [5.74, 6) is -2.97. The molecule has 5 aliphatic rings. The predicted octanol–water partition coefficient (Wildman–Crippen LogP) is 7.16. The van der Waals surface area contributed by atoms with E-state index in [1.54, 1.807) is 52.7 Å². The number of carbonyl (C=O) groups is 6. The van der Waals surface area contributed by atoms with Crippen molar-refractivity contribution in [3.8, 4) is 23.0 Å². The van der Waals surface area contributed by atoms with Crippen LogP contribution >= 0.6 is 0 Å². The second kappa shape index (κ2) is 22.8. The Bertz CT molecular complexity index is 3850. The Morgan fingerprint density at radius 3 is 2.51 bits per heavy atom. The third kappa shape index (κ3) is 10.5. The van der Waals surface area contributed by atoms with Crippen LogP contribution in [0.3, 0.4) is 0 Å². The van der Waals surface area contributed by atoms with Crippen molar-refractivity contribution in [2.75, 3.05) is 56.1 Å². The summed E-state index contributed by atoms with van der Waals surface area (Å²) in [6.45, 7) is 4.51. The van der Waals surface area contributed by atoms with Gasteiger partial charge < -0.3 is 30.3 Å². The first kappa shape index (κ1) is 55.8. The fraction of sp³-hybridized carbons (Fsp3) is 0.410. The van der Waals surface area contributed by atoms with E-state index < -0.39 is 35.3 Å². The molecule has 4 fully saturated rings. The van der Waals surface area contributed by atoms with Crippen LogP contribution in [0.25, 0.3) is 43.7 Å². The van der Waals surface area contributed by atoms with E-state index in [1.165, 1.54) is 35.4 Å². The number of piperazine rings is 1. The third-order valence-corrected chi connectivity index (χ3v) is 17.3. The second-order valence-corrected chi connectivity index (χ2v) is 22.5. The van der Waals surface area contributed by atoms with Crippen molar-refractivity contribution in [3.05, 3.63) is 107 Å². The number of phenolic OH excluding ortho intramolecular Hbond substituents is 1. The number of aromatic hydroxyl groups is 1. The highest BCUT2D eigenvalue weighted by molar-refractivity contribution is 6.27. The molecule has 8 heterocycles. The molecule has 20 nitrogen and oxygen atoms in total. The monoisotopic (exact) mass is 1150 g/mol. The lowest BCUT2D eigenvalue weighted by Gasteiger charge is -2.34. The zero-order chi connectivity index (χ0) is 58.6. The Balaban J connectivity index is 0.645. The molecule has 0 bridgehead atoms. The lowest BCUT2D eigenvalue weighted by molar-refractivity contribution is -0.134. The number of hydrogen-bond acceptors (Lipinski definition) is 14. The second-order valence-electron chi connectivity index (χ2n) is 22.5. The number of benzene rings is 4. The smallest absolute Gasteiger partial charge is 0.319 e. The van der Waals surface area contributed by atoms with Gasteiger partial charge in [-0.3, -0.25) is 53.5 Å². The van der Waals surface area contributed by atoms with Gasteiger partial charge in [-0.25, -0.2) is 13.2 Å². The standard InChI is InChI=1S/C61H63F3N12O8/c1-3-39-44(63)15-13-34-25-38(77)27-42(51(34)39)54-53(64)55-43(31-66-54)56(70-60(69-55)84-33-61-19-8-20-75(61)32-36(62)28-61)67-30-37-26-45(71-72(37)2)59(83)74-23-21-73(22-24-74)50(80)12-6-4-5-11-48(78)65-29-35-14-16-46-52-40(35)9-7-10-41(52)58(82)76(46)47-17-18-49(79)68-57(47)81/h7,9-10,13-16,25-27,31,36,47,77H,3-6,8,11-12,17-24,28-30,32-33H2,1-2H3,(H,65,78)(H,67,69,70)(H,68,79,81)/t36-,47?,61+/m1/s1. The molecule has 4 N–H and O–H groups in total. The fourth-order valence-electron chi connectivity index (χ4n) is 13.0. The first-order chi connectivity index (χ1) is 40.6. The van der Waals surface area contributed by atoms with Crippen molar-refractivity contribution >= 4 is 79.4 Å². The fourth-order valence-corrected chi connectivity index (χ4v) is 13.0. The molecule has 0 aliphatic carbocycles. The van der Waals surface area contributed by atoms with Gasteiger partial charge in [0, 0.05) is 94.7 Å². The SMILES string of the molecule is CCc1c(F)ccc2cc(O)cc(-c3ncc4c(NCc5cc(C(=O)N6CCN(C(=O)CCCCCC(=O)NCc7ccc8c9c(cccc79)C(=O)N8C7CCC(=O)NC7=O)CC6)nn5C)nc(OC[C@@]56CCCN5C[C@H](F)C6)nc4c3F)c12. The summed E-state index contributed by atoms with van der Waals surface area (Å²) in [4.78, 5) is 98.8. The number of rotatable bonds is 18. The number of halogens is 3. The highest BCUT2D eigenvalue weighted by Gasteiger charge is 2.49. The summed E-state index contributed by atoms with van der Waals surface area (Å²) < 4.78 is 55.0. The van der Waals surface area contributed by atoms with E-state index in [2.05, 4.69) is 40.9 Å². The minimum atomic E-state index is -1.00. The van der Waals surface area contributed by atoms with Crippen LogP contribution in [-0.4, -0.2) is 144 Å². The number of phenols is 1. The molecule has 0 radical (unpaired) electrons. The van der Waals surface area contributed by atoms with Gasteiger partial charge in [-0.15, -0.1) is 0 Å². The van der Waals surface area contributed by atoms with E-state index in [0.717, 1.165) is 30.3 Å². The van der Waals surface area contributed by atoms with Crippen molar-refractivity contribution < 1.29 is 51.8 Å². The largest absolute Gasteiger partial charge is 0.508 e. The molecule has 3 aromatic heterocycles. The molecule has 7 aromatic rings.